The van der Waals surface area contributed by atoms with Crippen LogP contribution >= 0.6 is 0 Å². The van der Waals surface area contributed by atoms with E-state index in [1.165, 1.54) is 13.3 Å². The van der Waals surface area contributed by atoms with Crippen LogP contribution in [0.1, 0.15) is 25.8 Å². The van der Waals surface area contributed by atoms with Gasteiger partial charge in [-0.1, -0.05) is 13.8 Å². The zero-order valence-corrected chi connectivity index (χ0v) is 10.8. The summed E-state index contributed by atoms with van der Waals surface area (Å²) in [6, 6.07) is 4.80. The van der Waals surface area contributed by atoms with Crippen LogP contribution in [0.3, 0.4) is 0 Å². The Bertz CT molecular complexity index is 452. The first-order valence-corrected chi connectivity index (χ1v) is 5.77. The summed E-state index contributed by atoms with van der Waals surface area (Å²) in [5.41, 5.74) is 0.501. The molecule has 0 fully saturated rings. The van der Waals surface area contributed by atoms with E-state index in [-0.39, 0.29) is 5.97 Å². The average Bonchev–Trinajstić information content (AvgIpc) is 2.36. The van der Waals surface area contributed by atoms with Gasteiger partial charge in [-0.15, -0.1) is 0 Å². The molecule has 1 atom stereocenters. The lowest BCUT2D eigenvalue weighted by molar-refractivity contribution is -0.141. The Hall–Kier alpha value is -2.09. The SMILES string of the molecule is COC(=O)C(CC(C)C)Nc1cc(C#N)ccn1. The minimum Gasteiger partial charge on any atom is -0.467 e. The number of aromatic nitrogens is 1. The lowest BCUT2D eigenvalue weighted by atomic mass is 10.0. The third-order valence-electron chi connectivity index (χ3n) is 2.40. The van der Waals surface area contributed by atoms with E-state index in [1.54, 1.807) is 12.1 Å². The number of carbonyl (C=O) groups excluding carboxylic acids is 1. The first kappa shape index (κ1) is 14.0. The molecule has 0 amide bonds. The first-order chi connectivity index (χ1) is 8.56. The maximum absolute atomic E-state index is 11.6. The van der Waals surface area contributed by atoms with E-state index in [1.807, 2.05) is 19.9 Å². The van der Waals surface area contributed by atoms with Gasteiger partial charge < -0.3 is 10.1 Å². The van der Waals surface area contributed by atoms with Gasteiger partial charge in [-0.3, -0.25) is 0 Å². The number of nitriles is 1. The summed E-state index contributed by atoms with van der Waals surface area (Å²) in [6.45, 7) is 4.05. The Morgan fingerprint density at radius 2 is 2.33 bits per heavy atom. The molecule has 1 rings (SSSR count). The van der Waals surface area contributed by atoms with Crippen molar-refractivity contribution in [3.8, 4) is 6.07 Å². The van der Waals surface area contributed by atoms with Crippen LogP contribution in [0, 0.1) is 17.2 Å². The Morgan fingerprint density at radius 1 is 1.61 bits per heavy atom. The predicted molar refractivity (Wildman–Crippen MR) is 67.8 cm³/mol. The Morgan fingerprint density at radius 3 is 2.89 bits per heavy atom. The van der Waals surface area contributed by atoms with Crippen LogP contribution in [-0.4, -0.2) is 24.1 Å². The number of hydrogen-bond acceptors (Lipinski definition) is 5. The standard InChI is InChI=1S/C13H17N3O2/c1-9(2)6-11(13(17)18-3)16-12-7-10(8-14)4-5-15-12/h4-5,7,9,11H,6H2,1-3H3,(H,15,16). The molecule has 0 bridgehead atoms. The lowest BCUT2D eigenvalue weighted by Gasteiger charge is -2.18. The quantitative estimate of drug-likeness (QED) is 0.805. The van der Waals surface area contributed by atoms with Crippen LogP contribution in [0.4, 0.5) is 5.82 Å². The fourth-order valence-electron chi connectivity index (χ4n) is 1.59. The van der Waals surface area contributed by atoms with Crippen molar-refractivity contribution in [2.45, 2.75) is 26.3 Å². The zero-order chi connectivity index (χ0) is 13.5. The third-order valence-corrected chi connectivity index (χ3v) is 2.40. The molecule has 0 aliphatic carbocycles. The van der Waals surface area contributed by atoms with Gasteiger partial charge in [-0.2, -0.15) is 5.26 Å². The van der Waals surface area contributed by atoms with Crippen molar-refractivity contribution in [3.05, 3.63) is 23.9 Å². The maximum atomic E-state index is 11.6. The lowest BCUT2D eigenvalue weighted by Crippen LogP contribution is -2.32. The molecule has 0 aliphatic rings. The molecule has 96 valence electrons. The molecule has 0 saturated carbocycles. The number of pyridine rings is 1. The van der Waals surface area contributed by atoms with Crippen LogP contribution < -0.4 is 5.32 Å². The van der Waals surface area contributed by atoms with Gasteiger partial charge in [0, 0.05) is 6.20 Å². The second-order valence-electron chi connectivity index (χ2n) is 4.39. The Kier molecular flexibility index (Phi) is 5.12. The summed E-state index contributed by atoms with van der Waals surface area (Å²) in [5.74, 6) is 0.527. The number of hydrogen-bond donors (Lipinski definition) is 1. The number of ether oxygens (including phenoxy) is 1. The molecule has 0 aromatic carbocycles. The smallest absolute Gasteiger partial charge is 0.328 e. The van der Waals surface area contributed by atoms with Gasteiger partial charge >= 0.3 is 5.97 Å². The second-order valence-corrected chi connectivity index (χ2v) is 4.39. The van der Waals surface area contributed by atoms with Crippen molar-refractivity contribution in [1.82, 2.24) is 4.98 Å². The highest BCUT2D eigenvalue weighted by Crippen LogP contribution is 2.13. The molecule has 1 aromatic heterocycles. The molecule has 5 nitrogen and oxygen atoms in total. The monoisotopic (exact) mass is 247 g/mol. The molecule has 1 unspecified atom stereocenters. The topological polar surface area (TPSA) is 75.0 Å². The molecule has 0 radical (unpaired) electrons. The molecule has 18 heavy (non-hydrogen) atoms. The maximum Gasteiger partial charge on any atom is 0.328 e. The largest absolute Gasteiger partial charge is 0.467 e. The van der Waals surface area contributed by atoms with Crippen LogP contribution in [0.2, 0.25) is 0 Å². The number of nitrogens with one attached hydrogen (secondary N) is 1. The second kappa shape index (κ2) is 6.60. The van der Waals surface area contributed by atoms with Crippen LogP contribution in [0.5, 0.6) is 0 Å². The summed E-state index contributed by atoms with van der Waals surface area (Å²) in [4.78, 5) is 15.7. The van der Waals surface area contributed by atoms with E-state index in [9.17, 15) is 4.79 Å². The first-order valence-electron chi connectivity index (χ1n) is 5.77. The van der Waals surface area contributed by atoms with Crippen molar-refractivity contribution in [1.29, 1.82) is 5.26 Å². The Balaban J connectivity index is 2.82. The van der Waals surface area contributed by atoms with Gasteiger partial charge in [0.1, 0.15) is 11.9 Å². The Labute approximate surface area is 107 Å². The number of anilines is 1. The minimum absolute atomic E-state index is 0.326. The van der Waals surface area contributed by atoms with E-state index < -0.39 is 6.04 Å². The van der Waals surface area contributed by atoms with Gasteiger partial charge in [0.25, 0.3) is 0 Å². The summed E-state index contributed by atoms with van der Waals surface area (Å²) < 4.78 is 4.75. The highest BCUT2D eigenvalue weighted by molar-refractivity contribution is 5.78. The molecular weight excluding hydrogens is 230 g/mol. The molecule has 1 heterocycles. The van der Waals surface area contributed by atoms with Gasteiger partial charge in [0.2, 0.25) is 0 Å². The van der Waals surface area contributed by atoms with Crippen molar-refractivity contribution < 1.29 is 9.53 Å². The predicted octanol–water partition coefficient (Wildman–Crippen LogP) is 1.95. The molecular formula is C13H17N3O2. The van der Waals surface area contributed by atoms with Crippen LogP contribution in [0.25, 0.3) is 0 Å². The van der Waals surface area contributed by atoms with Crippen molar-refractivity contribution in [2.24, 2.45) is 5.92 Å². The zero-order valence-electron chi connectivity index (χ0n) is 10.8. The normalized spacial score (nSPS) is 11.7. The highest BCUT2D eigenvalue weighted by atomic mass is 16.5. The van der Waals surface area contributed by atoms with Gasteiger partial charge in [-0.05, 0) is 24.5 Å². The van der Waals surface area contributed by atoms with E-state index in [0.29, 0.717) is 23.7 Å². The fraction of sp³-hybridized carbons (Fsp3) is 0.462. The van der Waals surface area contributed by atoms with E-state index >= 15 is 0 Å². The van der Waals surface area contributed by atoms with E-state index in [0.717, 1.165) is 0 Å². The minimum atomic E-state index is -0.448. The van der Waals surface area contributed by atoms with Gasteiger partial charge in [0.05, 0.1) is 18.7 Å². The van der Waals surface area contributed by atoms with Crippen LogP contribution in [-0.2, 0) is 9.53 Å². The van der Waals surface area contributed by atoms with Crippen molar-refractivity contribution >= 4 is 11.8 Å². The number of methoxy groups -OCH3 is 1. The third kappa shape index (κ3) is 4.06. The summed E-state index contributed by atoms with van der Waals surface area (Å²) in [6.07, 6.45) is 2.18. The molecule has 0 saturated heterocycles. The van der Waals surface area contributed by atoms with E-state index in [4.69, 9.17) is 10.00 Å². The van der Waals surface area contributed by atoms with E-state index in [2.05, 4.69) is 10.3 Å². The molecule has 0 spiro atoms. The summed E-state index contributed by atoms with van der Waals surface area (Å²) in [5, 5.41) is 11.8. The summed E-state index contributed by atoms with van der Waals surface area (Å²) in [7, 11) is 1.36. The molecule has 1 N–H and O–H groups in total. The number of carbonyl (C=O) groups is 1. The molecule has 0 aliphatic heterocycles. The number of rotatable bonds is 5. The van der Waals surface area contributed by atoms with Crippen molar-refractivity contribution in [2.75, 3.05) is 12.4 Å². The number of esters is 1. The molecule has 5 heteroatoms. The number of nitrogens with zero attached hydrogens (tertiary/aromatic N) is 2. The van der Waals surface area contributed by atoms with Gasteiger partial charge in [-0.25, -0.2) is 9.78 Å². The summed E-state index contributed by atoms with van der Waals surface area (Å²) >= 11 is 0. The molecule has 1 aromatic rings. The fourth-order valence-corrected chi connectivity index (χ4v) is 1.59. The van der Waals surface area contributed by atoms with Crippen LogP contribution in [0.15, 0.2) is 18.3 Å². The highest BCUT2D eigenvalue weighted by Gasteiger charge is 2.20. The van der Waals surface area contributed by atoms with Gasteiger partial charge in [0.15, 0.2) is 0 Å². The average molecular weight is 247 g/mol. The van der Waals surface area contributed by atoms with Crippen molar-refractivity contribution in [3.63, 3.8) is 0 Å².